The molecule has 1 heterocycles. The van der Waals surface area contributed by atoms with Gasteiger partial charge in [-0.15, -0.1) is 23.2 Å². The van der Waals surface area contributed by atoms with Crippen molar-refractivity contribution in [3.8, 4) is 0 Å². The van der Waals surface area contributed by atoms with Gasteiger partial charge in [-0.05, 0) is 49.0 Å². The zero-order chi connectivity index (χ0) is 22.7. The van der Waals surface area contributed by atoms with Gasteiger partial charge in [-0.25, -0.2) is 0 Å². The molecule has 2 aromatic carbocycles. The molecular weight excluding hydrogens is 455 g/mol. The minimum Gasteiger partial charge on any atom is -0.369 e. The van der Waals surface area contributed by atoms with E-state index in [-0.39, 0.29) is 4.90 Å². The monoisotopic (exact) mass is 482 g/mol. The van der Waals surface area contributed by atoms with Gasteiger partial charge in [0.05, 0.1) is 4.90 Å². The van der Waals surface area contributed by atoms with Gasteiger partial charge >= 0.3 is 0 Å². The average Bonchev–Trinajstić information content (AvgIpc) is 2.75. The number of hydrogen-bond donors (Lipinski definition) is 1. The molecule has 0 spiro atoms. The molecule has 0 aliphatic carbocycles. The van der Waals surface area contributed by atoms with Crippen LogP contribution in [0.1, 0.15) is 11.1 Å². The number of benzene rings is 2. The average molecular weight is 483 g/mol. The molecule has 2 aromatic rings. The lowest BCUT2D eigenvalue weighted by atomic mass is 10.1. The van der Waals surface area contributed by atoms with Gasteiger partial charge in [-0.1, -0.05) is 42.0 Å². The van der Waals surface area contributed by atoms with E-state index in [2.05, 4.69) is 58.5 Å². The summed E-state index contributed by atoms with van der Waals surface area (Å²) in [5.41, 5.74) is 3.45. The van der Waals surface area contributed by atoms with Crippen LogP contribution in [-0.4, -0.2) is 49.3 Å². The van der Waals surface area contributed by atoms with Crippen molar-refractivity contribution in [2.24, 2.45) is 0 Å². The smallest absolute Gasteiger partial charge is 0.294 e. The normalized spacial score (nSPS) is 13.0. The number of allylic oxidation sites excluding steroid dienone is 2. The van der Waals surface area contributed by atoms with Crippen LogP contribution in [0.2, 0.25) is 0 Å². The number of hydrogen-bond acceptors (Lipinski definition) is 4. The van der Waals surface area contributed by atoms with Crippen LogP contribution in [0.25, 0.3) is 0 Å². The summed E-state index contributed by atoms with van der Waals surface area (Å²) in [6, 6.07) is 14.6. The highest BCUT2D eigenvalue weighted by molar-refractivity contribution is 7.85. The molecule has 0 fully saturated rings. The molecule has 168 valence electrons. The predicted molar refractivity (Wildman–Crippen MR) is 130 cm³/mol. The minimum absolute atomic E-state index is 0.0666. The van der Waals surface area contributed by atoms with Crippen LogP contribution in [-0.2, 0) is 16.7 Å². The van der Waals surface area contributed by atoms with E-state index in [1.807, 2.05) is 6.92 Å². The Labute approximate surface area is 195 Å². The third kappa shape index (κ3) is 8.95. The molecular formula is C23H28Cl2N2O3S. The summed E-state index contributed by atoms with van der Waals surface area (Å²) in [5.74, 6) is 1.23. The predicted octanol–water partition coefficient (Wildman–Crippen LogP) is 5.10. The summed E-state index contributed by atoms with van der Waals surface area (Å²) in [6.45, 7) is 5.41. The van der Waals surface area contributed by atoms with Crippen molar-refractivity contribution in [2.75, 3.05) is 36.3 Å². The van der Waals surface area contributed by atoms with E-state index >= 15 is 0 Å². The van der Waals surface area contributed by atoms with E-state index in [0.717, 1.165) is 31.7 Å². The van der Waals surface area contributed by atoms with Gasteiger partial charge in [-0.2, -0.15) is 8.42 Å². The van der Waals surface area contributed by atoms with Gasteiger partial charge in [0, 0.05) is 43.6 Å². The molecule has 3 rings (SSSR count). The Morgan fingerprint density at radius 2 is 1.58 bits per heavy atom. The molecule has 8 heteroatoms. The van der Waals surface area contributed by atoms with Crippen molar-refractivity contribution >= 4 is 39.0 Å². The molecule has 0 saturated carbocycles. The second kappa shape index (κ2) is 12.8. The number of rotatable bonds is 8. The molecule has 5 nitrogen and oxygen atoms in total. The molecule has 0 aromatic heterocycles. The van der Waals surface area contributed by atoms with Crippen LogP contribution in [0, 0.1) is 6.92 Å². The molecule has 0 atom stereocenters. The highest BCUT2D eigenvalue weighted by atomic mass is 35.5. The van der Waals surface area contributed by atoms with Gasteiger partial charge in [0.15, 0.2) is 0 Å². The van der Waals surface area contributed by atoms with Crippen LogP contribution < -0.4 is 4.90 Å². The van der Waals surface area contributed by atoms with E-state index in [1.165, 1.54) is 23.4 Å². The second-order valence-electron chi connectivity index (χ2n) is 7.02. The Morgan fingerprint density at radius 1 is 0.968 bits per heavy atom. The number of nitrogens with zero attached hydrogens (tertiary/aromatic N) is 2. The molecule has 31 heavy (non-hydrogen) atoms. The van der Waals surface area contributed by atoms with Crippen LogP contribution in [0.3, 0.4) is 0 Å². The van der Waals surface area contributed by atoms with Crippen molar-refractivity contribution in [1.82, 2.24) is 4.90 Å². The van der Waals surface area contributed by atoms with E-state index in [9.17, 15) is 8.42 Å². The Balaban J connectivity index is 0.000000262. The number of alkyl halides is 2. The SMILES string of the molecule is Cc1ccc(S(=O)(=O)O)cc1.ClCCN(CCCl)c1ccc(CN2C=CC=CC2)cc1. The fourth-order valence-corrected chi connectivity index (χ4v) is 3.84. The van der Waals surface area contributed by atoms with Gasteiger partial charge in [0.2, 0.25) is 0 Å². The van der Waals surface area contributed by atoms with E-state index in [1.54, 1.807) is 12.1 Å². The highest BCUT2D eigenvalue weighted by Crippen LogP contribution is 2.17. The number of halogens is 2. The third-order valence-electron chi connectivity index (χ3n) is 4.60. The summed E-state index contributed by atoms with van der Waals surface area (Å²) in [4.78, 5) is 4.43. The Kier molecular flexibility index (Phi) is 10.4. The quantitative estimate of drug-likeness (QED) is 0.418. The first-order valence-electron chi connectivity index (χ1n) is 9.91. The molecule has 1 N–H and O–H groups in total. The summed E-state index contributed by atoms with van der Waals surface area (Å²) in [5, 5.41) is 0. The van der Waals surface area contributed by atoms with E-state index in [4.69, 9.17) is 27.8 Å². The summed E-state index contributed by atoms with van der Waals surface area (Å²) in [7, 11) is -4.02. The molecule has 0 bridgehead atoms. The van der Waals surface area contributed by atoms with E-state index in [0.29, 0.717) is 11.8 Å². The van der Waals surface area contributed by atoms with Crippen LogP contribution in [0.5, 0.6) is 0 Å². The Hall–Kier alpha value is -1.99. The van der Waals surface area contributed by atoms with E-state index < -0.39 is 10.1 Å². The molecule has 0 saturated heterocycles. The maximum Gasteiger partial charge on any atom is 0.294 e. The first-order chi connectivity index (χ1) is 14.8. The standard InChI is InChI=1S/C16H20Cl2N2.C7H8O3S/c17-8-12-20(13-9-18)16-6-4-15(5-7-16)14-19-10-2-1-3-11-19;1-6-2-4-7(5-3-6)11(8,9)10/h1-7,10H,8-9,11-14H2;2-5H,1H3,(H,8,9,10). The first-order valence-corrected chi connectivity index (χ1v) is 12.4. The summed E-state index contributed by atoms with van der Waals surface area (Å²) < 4.78 is 29.6. The molecule has 1 aliphatic rings. The second-order valence-corrected chi connectivity index (χ2v) is 9.20. The zero-order valence-electron chi connectivity index (χ0n) is 17.5. The van der Waals surface area contributed by atoms with Crippen LogP contribution in [0.15, 0.2) is 77.9 Å². The Morgan fingerprint density at radius 3 is 2.06 bits per heavy atom. The maximum atomic E-state index is 10.5. The van der Waals surface area contributed by atoms with Crippen molar-refractivity contribution in [3.05, 3.63) is 84.1 Å². The molecule has 0 unspecified atom stereocenters. The molecule has 1 aliphatic heterocycles. The van der Waals surface area contributed by atoms with Crippen molar-refractivity contribution in [2.45, 2.75) is 18.4 Å². The van der Waals surface area contributed by atoms with Crippen molar-refractivity contribution in [3.63, 3.8) is 0 Å². The van der Waals surface area contributed by atoms with Crippen LogP contribution >= 0.6 is 23.2 Å². The van der Waals surface area contributed by atoms with Crippen LogP contribution in [0.4, 0.5) is 5.69 Å². The zero-order valence-corrected chi connectivity index (χ0v) is 19.8. The molecule has 0 amide bonds. The largest absolute Gasteiger partial charge is 0.369 e. The van der Waals surface area contributed by atoms with Crippen molar-refractivity contribution in [1.29, 1.82) is 0 Å². The fourth-order valence-electron chi connectivity index (χ4n) is 2.96. The number of anilines is 1. The highest BCUT2D eigenvalue weighted by Gasteiger charge is 2.07. The number of aryl methyl sites for hydroxylation is 1. The lowest BCUT2D eigenvalue weighted by Crippen LogP contribution is -2.27. The Bertz CT molecular complexity index is 953. The van der Waals surface area contributed by atoms with Gasteiger partial charge in [0.1, 0.15) is 0 Å². The van der Waals surface area contributed by atoms with Gasteiger partial charge < -0.3 is 9.80 Å². The third-order valence-corrected chi connectivity index (χ3v) is 5.80. The fraction of sp³-hybridized carbons (Fsp3) is 0.304. The minimum atomic E-state index is -4.02. The first kappa shape index (κ1) is 25.3. The summed E-state index contributed by atoms with van der Waals surface area (Å²) in [6.07, 6.45) is 8.44. The topological polar surface area (TPSA) is 60.9 Å². The van der Waals surface area contributed by atoms with Crippen molar-refractivity contribution < 1.29 is 13.0 Å². The lowest BCUT2D eigenvalue weighted by molar-refractivity contribution is 0.405. The lowest BCUT2D eigenvalue weighted by Gasteiger charge is -2.24. The van der Waals surface area contributed by atoms with Gasteiger partial charge in [-0.3, -0.25) is 4.55 Å². The maximum absolute atomic E-state index is 10.5. The van der Waals surface area contributed by atoms with Gasteiger partial charge in [0.25, 0.3) is 10.1 Å². The summed E-state index contributed by atoms with van der Waals surface area (Å²) >= 11 is 11.7. The molecule has 0 radical (unpaired) electrons.